The van der Waals surface area contributed by atoms with Gasteiger partial charge in [0, 0.05) is 50.6 Å². The molecule has 1 aromatic rings. The summed E-state index contributed by atoms with van der Waals surface area (Å²) < 4.78 is 0. The summed E-state index contributed by atoms with van der Waals surface area (Å²) in [6.45, 7) is 3.57. The fourth-order valence-electron chi connectivity index (χ4n) is 5.28. The normalized spacial score (nSPS) is 26.6. The maximum atomic E-state index is 11.8. The predicted molar refractivity (Wildman–Crippen MR) is 112 cm³/mol. The number of hydrogen-bond donors (Lipinski definition) is 2. The molecule has 2 heterocycles. The Kier molecular flexibility index (Phi) is 5.08. The van der Waals surface area contributed by atoms with Gasteiger partial charge in [0.05, 0.1) is 0 Å². The van der Waals surface area contributed by atoms with E-state index in [1.54, 1.807) is 0 Å². The number of nitrogens with zero attached hydrogens (tertiary/aromatic N) is 3. The Balaban J connectivity index is 1.44. The Hall–Kier alpha value is -2.08. The molecule has 152 valence electrons. The molecule has 2 fully saturated rings. The van der Waals surface area contributed by atoms with E-state index in [1.807, 2.05) is 7.05 Å². The molecule has 2 saturated heterocycles. The molecule has 1 atom stereocenters. The van der Waals surface area contributed by atoms with E-state index in [4.69, 9.17) is 0 Å². The van der Waals surface area contributed by atoms with Gasteiger partial charge in [-0.2, -0.15) is 0 Å². The molecular formula is C22H33N5O. The number of nitrogens with one attached hydrogen (secondary N) is 2. The zero-order valence-corrected chi connectivity index (χ0v) is 17.4. The highest BCUT2D eigenvalue weighted by Gasteiger charge is 2.43. The Morgan fingerprint density at radius 3 is 2.54 bits per heavy atom. The summed E-state index contributed by atoms with van der Waals surface area (Å²) in [6.07, 6.45) is 5.00. The van der Waals surface area contributed by atoms with E-state index in [0.29, 0.717) is 6.42 Å². The molecule has 2 aliphatic heterocycles. The van der Waals surface area contributed by atoms with Gasteiger partial charge < -0.3 is 20.4 Å². The van der Waals surface area contributed by atoms with Gasteiger partial charge in [0.25, 0.3) is 0 Å². The number of benzene rings is 1. The molecule has 1 spiro atoms. The molecule has 1 aromatic carbocycles. The average molecular weight is 384 g/mol. The van der Waals surface area contributed by atoms with Crippen LogP contribution in [0.2, 0.25) is 0 Å². The molecule has 0 radical (unpaired) electrons. The molecule has 0 aromatic heterocycles. The number of carbonyl (C=O) groups excluding carboxylic acids is 1. The maximum absolute atomic E-state index is 11.8. The topological polar surface area (TPSA) is 60.0 Å². The molecule has 0 saturated carbocycles. The fourth-order valence-corrected chi connectivity index (χ4v) is 5.28. The Morgan fingerprint density at radius 2 is 1.96 bits per heavy atom. The average Bonchev–Trinajstić information content (AvgIpc) is 3.23. The van der Waals surface area contributed by atoms with Crippen molar-refractivity contribution in [2.75, 3.05) is 47.3 Å². The van der Waals surface area contributed by atoms with Crippen LogP contribution in [0.3, 0.4) is 0 Å². The van der Waals surface area contributed by atoms with Crippen LogP contribution in [-0.2, 0) is 17.6 Å². The molecule has 6 heteroatoms. The van der Waals surface area contributed by atoms with Gasteiger partial charge in [-0.15, -0.1) is 0 Å². The monoisotopic (exact) mass is 383 g/mol. The van der Waals surface area contributed by atoms with Crippen molar-refractivity contribution in [2.24, 2.45) is 10.4 Å². The lowest BCUT2D eigenvalue weighted by molar-refractivity contribution is -0.119. The number of amides is 1. The quantitative estimate of drug-likeness (QED) is 0.610. The van der Waals surface area contributed by atoms with E-state index >= 15 is 0 Å². The summed E-state index contributed by atoms with van der Waals surface area (Å²) in [7, 11) is 6.23. The molecule has 1 unspecified atom stereocenters. The molecule has 4 rings (SSSR count). The van der Waals surface area contributed by atoms with Crippen LogP contribution in [0.4, 0.5) is 0 Å². The van der Waals surface area contributed by atoms with Crippen LogP contribution < -0.4 is 10.6 Å². The van der Waals surface area contributed by atoms with Crippen molar-refractivity contribution in [3.63, 3.8) is 0 Å². The highest BCUT2D eigenvalue weighted by Crippen LogP contribution is 2.36. The van der Waals surface area contributed by atoms with Crippen molar-refractivity contribution in [1.29, 1.82) is 0 Å². The Bertz CT molecular complexity index is 749. The molecule has 1 aliphatic carbocycles. The lowest BCUT2D eigenvalue weighted by atomic mass is 9.79. The molecular weight excluding hydrogens is 350 g/mol. The minimum absolute atomic E-state index is 0.0674. The third kappa shape index (κ3) is 3.50. The van der Waals surface area contributed by atoms with E-state index in [9.17, 15) is 4.79 Å². The first-order chi connectivity index (χ1) is 13.5. The summed E-state index contributed by atoms with van der Waals surface area (Å²) in [4.78, 5) is 21.1. The number of hydrogen-bond acceptors (Lipinski definition) is 3. The van der Waals surface area contributed by atoms with Crippen LogP contribution in [0.1, 0.15) is 30.4 Å². The second-order valence-electron chi connectivity index (χ2n) is 9.12. The third-order valence-corrected chi connectivity index (χ3v) is 7.05. The van der Waals surface area contributed by atoms with Crippen LogP contribution in [0.25, 0.3) is 0 Å². The van der Waals surface area contributed by atoms with E-state index in [2.05, 4.69) is 63.8 Å². The fraction of sp³-hybridized carbons (Fsp3) is 0.636. The zero-order valence-electron chi connectivity index (χ0n) is 17.4. The third-order valence-electron chi connectivity index (χ3n) is 7.05. The molecule has 28 heavy (non-hydrogen) atoms. The number of guanidine groups is 1. The number of aliphatic imine (C=N–C) groups is 1. The molecule has 1 amide bonds. The maximum Gasteiger partial charge on any atom is 0.220 e. The standard InChI is InChI=1S/C22H33N5O/c1-23-20(27-10-6-9-21(16-27)13-19(28)24-14-21)25-15-22(26(2)3)11-17-7-4-5-8-18(17)12-22/h4-5,7-8H,6,9-16H2,1-3H3,(H,23,25)(H,24,28). The number of carbonyl (C=O) groups is 1. The SMILES string of the molecule is CN=C(NCC1(N(C)C)Cc2ccccc2C1)N1CCCC2(CNC(=O)C2)C1. The number of likely N-dealkylation sites (tertiary alicyclic amines) is 1. The van der Waals surface area contributed by atoms with E-state index in [-0.39, 0.29) is 16.9 Å². The number of piperidine rings is 1. The van der Waals surface area contributed by atoms with Crippen molar-refractivity contribution < 1.29 is 4.79 Å². The van der Waals surface area contributed by atoms with Crippen molar-refractivity contribution in [2.45, 2.75) is 37.6 Å². The Morgan fingerprint density at radius 1 is 1.25 bits per heavy atom. The van der Waals surface area contributed by atoms with Crippen LogP contribution in [0.15, 0.2) is 29.3 Å². The van der Waals surface area contributed by atoms with E-state index in [0.717, 1.165) is 57.8 Å². The molecule has 3 aliphatic rings. The van der Waals surface area contributed by atoms with Crippen LogP contribution in [-0.4, -0.2) is 74.5 Å². The number of fused-ring (bicyclic) bond motifs is 1. The summed E-state index contributed by atoms with van der Waals surface area (Å²) in [6, 6.07) is 8.80. The zero-order chi connectivity index (χ0) is 19.8. The van der Waals surface area contributed by atoms with Crippen LogP contribution in [0.5, 0.6) is 0 Å². The van der Waals surface area contributed by atoms with E-state index in [1.165, 1.54) is 11.1 Å². The van der Waals surface area contributed by atoms with Gasteiger partial charge in [0.2, 0.25) is 5.91 Å². The lowest BCUT2D eigenvalue weighted by Crippen LogP contribution is -2.57. The van der Waals surface area contributed by atoms with Gasteiger partial charge >= 0.3 is 0 Å². The molecule has 0 bridgehead atoms. The number of likely N-dealkylation sites (N-methyl/N-ethyl adjacent to an activating group) is 1. The highest BCUT2D eigenvalue weighted by molar-refractivity contribution is 5.81. The van der Waals surface area contributed by atoms with Gasteiger partial charge in [0.15, 0.2) is 5.96 Å². The van der Waals surface area contributed by atoms with Crippen molar-refractivity contribution >= 4 is 11.9 Å². The molecule has 6 nitrogen and oxygen atoms in total. The second-order valence-corrected chi connectivity index (χ2v) is 9.12. The molecule has 2 N–H and O–H groups in total. The van der Waals surface area contributed by atoms with Gasteiger partial charge in [-0.05, 0) is 50.9 Å². The minimum Gasteiger partial charge on any atom is -0.355 e. The highest BCUT2D eigenvalue weighted by atomic mass is 16.1. The van der Waals surface area contributed by atoms with Gasteiger partial charge in [-0.25, -0.2) is 0 Å². The smallest absolute Gasteiger partial charge is 0.220 e. The summed E-state index contributed by atoms with van der Waals surface area (Å²) in [5, 5.41) is 6.72. The van der Waals surface area contributed by atoms with E-state index < -0.39 is 0 Å². The van der Waals surface area contributed by atoms with Crippen molar-refractivity contribution in [3.8, 4) is 0 Å². The largest absolute Gasteiger partial charge is 0.355 e. The summed E-state index contributed by atoms with van der Waals surface area (Å²) >= 11 is 0. The first kappa shape index (κ1) is 19.2. The number of rotatable bonds is 3. The summed E-state index contributed by atoms with van der Waals surface area (Å²) in [5.41, 5.74) is 3.06. The lowest BCUT2D eigenvalue weighted by Gasteiger charge is -2.42. The van der Waals surface area contributed by atoms with Crippen molar-refractivity contribution in [1.82, 2.24) is 20.4 Å². The van der Waals surface area contributed by atoms with Crippen molar-refractivity contribution in [3.05, 3.63) is 35.4 Å². The van der Waals surface area contributed by atoms with Gasteiger partial charge in [0.1, 0.15) is 0 Å². The Labute approximate surface area is 168 Å². The summed E-state index contributed by atoms with van der Waals surface area (Å²) in [5.74, 6) is 1.16. The predicted octanol–water partition coefficient (Wildman–Crippen LogP) is 1.26. The van der Waals surface area contributed by atoms with Gasteiger partial charge in [-0.1, -0.05) is 24.3 Å². The van der Waals surface area contributed by atoms with Crippen LogP contribution in [0, 0.1) is 5.41 Å². The first-order valence-electron chi connectivity index (χ1n) is 10.4. The first-order valence-corrected chi connectivity index (χ1v) is 10.4. The minimum atomic E-state index is 0.0674. The second kappa shape index (κ2) is 7.39. The van der Waals surface area contributed by atoms with Gasteiger partial charge in [-0.3, -0.25) is 9.79 Å². The van der Waals surface area contributed by atoms with Crippen LogP contribution >= 0.6 is 0 Å².